The third-order valence-corrected chi connectivity index (χ3v) is 7.13. The fourth-order valence-corrected chi connectivity index (χ4v) is 4.89. The van der Waals surface area contributed by atoms with Crippen molar-refractivity contribution in [1.82, 2.24) is 4.90 Å². The normalized spacial score (nSPS) is 18.4. The average molecular weight is 469 g/mol. The molecule has 1 atom stereocenters. The predicted molar refractivity (Wildman–Crippen MR) is 116 cm³/mol. The van der Waals surface area contributed by atoms with Crippen LogP contribution in [0.2, 0.25) is 0 Å². The highest BCUT2D eigenvalue weighted by Gasteiger charge is 2.33. The second kappa shape index (κ2) is 10.3. The highest BCUT2D eigenvalue weighted by Crippen LogP contribution is 2.50. The van der Waals surface area contributed by atoms with Crippen molar-refractivity contribution in [3.63, 3.8) is 0 Å². The van der Waals surface area contributed by atoms with Crippen molar-refractivity contribution in [1.29, 1.82) is 0 Å². The molecule has 0 aliphatic carbocycles. The van der Waals surface area contributed by atoms with Gasteiger partial charge in [-0.05, 0) is 30.4 Å². The van der Waals surface area contributed by atoms with E-state index in [-0.39, 0.29) is 25.1 Å². The van der Waals surface area contributed by atoms with Crippen LogP contribution in [0, 0.1) is 10.1 Å². The number of thiophene rings is 1. The molecule has 3 rings (SSSR count). The van der Waals surface area contributed by atoms with Gasteiger partial charge < -0.3 is 14.4 Å². The topological polar surface area (TPSA) is 128 Å². The van der Waals surface area contributed by atoms with E-state index in [0.29, 0.717) is 30.9 Å². The number of hydrogen-bond acceptors (Lipinski definition) is 8. The number of aliphatic hydroxyl groups excluding tert-OH is 1. The van der Waals surface area contributed by atoms with Crippen molar-refractivity contribution in [3.05, 3.63) is 62.0 Å². The van der Waals surface area contributed by atoms with Gasteiger partial charge in [-0.2, -0.15) is 4.76 Å². The molecule has 2 aromatic heterocycles. The zero-order valence-corrected chi connectivity index (χ0v) is 18.9. The maximum absolute atomic E-state index is 12.8. The third kappa shape index (κ3) is 5.69. The molecule has 12 heteroatoms. The Morgan fingerprint density at radius 1 is 1.39 bits per heavy atom. The third-order valence-electron chi connectivity index (χ3n) is 4.79. The van der Waals surface area contributed by atoms with Crippen molar-refractivity contribution < 1.29 is 28.1 Å². The molecule has 0 amide bonds. The number of aliphatic hydroxyl groups is 1. The van der Waals surface area contributed by atoms with Crippen LogP contribution in [0.15, 0.2) is 50.5 Å². The van der Waals surface area contributed by atoms with Crippen LogP contribution in [0.1, 0.15) is 35.9 Å². The zero-order valence-electron chi connectivity index (χ0n) is 17.2. The molecule has 1 N–H and O–H groups in total. The van der Waals surface area contributed by atoms with Gasteiger partial charge in [0.05, 0.1) is 18.7 Å². The Morgan fingerprint density at radius 2 is 2.16 bits per heavy atom. The molecular formula is C19H24N3O7PS. The number of furan rings is 1. The van der Waals surface area contributed by atoms with Crippen LogP contribution in [-0.2, 0) is 20.2 Å². The first-order chi connectivity index (χ1) is 14.9. The number of rotatable bonds is 10. The van der Waals surface area contributed by atoms with E-state index in [9.17, 15) is 19.8 Å². The van der Waals surface area contributed by atoms with Gasteiger partial charge in [0.15, 0.2) is 0 Å². The van der Waals surface area contributed by atoms with Crippen LogP contribution >= 0.6 is 19.1 Å². The van der Waals surface area contributed by atoms with E-state index in [1.807, 2.05) is 22.4 Å². The van der Waals surface area contributed by atoms with Crippen LogP contribution in [-0.4, -0.2) is 41.6 Å². The first-order valence-electron chi connectivity index (χ1n) is 9.53. The summed E-state index contributed by atoms with van der Waals surface area (Å²) in [4.78, 5) is 13.3. The molecule has 168 valence electrons. The van der Waals surface area contributed by atoms with Gasteiger partial charge in [0.25, 0.3) is 0 Å². The first-order valence-corrected chi connectivity index (χ1v) is 11.9. The van der Waals surface area contributed by atoms with Crippen molar-refractivity contribution in [3.8, 4) is 0 Å². The Kier molecular flexibility index (Phi) is 7.79. The molecule has 1 aliphatic heterocycles. The van der Waals surface area contributed by atoms with Crippen LogP contribution in [0.25, 0.3) is 0 Å². The van der Waals surface area contributed by atoms with Crippen LogP contribution in [0.4, 0.5) is 5.88 Å². The molecule has 0 saturated carbocycles. The fraction of sp³-hybridized carbons (Fsp3) is 0.421. The summed E-state index contributed by atoms with van der Waals surface area (Å²) in [6, 6.07) is 6.49. The van der Waals surface area contributed by atoms with Crippen LogP contribution in [0.3, 0.4) is 0 Å². The minimum atomic E-state index is -3.72. The summed E-state index contributed by atoms with van der Waals surface area (Å²) in [7, 11) is -1.20. The van der Waals surface area contributed by atoms with Gasteiger partial charge in [0, 0.05) is 32.1 Å². The van der Waals surface area contributed by atoms with Crippen molar-refractivity contribution >= 4 is 30.8 Å². The van der Waals surface area contributed by atoms with Crippen molar-refractivity contribution in [2.75, 3.05) is 20.8 Å². The number of nitro groups is 1. The molecule has 1 unspecified atom stereocenters. The SMILES string of the molecule is COP(=O)(/N=C1/CC(CCCO)=CC(c2cccs2)N1Cc1ccc([N+](=O)[O-])o1)OC. The van der Waals surface area contributed by atoms with Crippen LogP contribution in [0.5, 0.6) is 0 Å². The lowest BCUT2D eigenvalue weighted by molar-refractivity contribution is -0.402. The van der Waals surface area contributed by atoms with Crippen molar-refractivity contribution in [2.24, 2.45) is 4.76 Å². The molecule has 0 aromatic carbocycles. The van der Waals surface area contributed by atoms with Gasteiger partial charge in [-0.25, -0.2) is 4.57 Å². The van der Waals surface area contributed by atoms with Gasteiger partial charge in [0.2, 0.25) is 0 Å². The van der Waals surface area contributed by atoms with E-state index < -0.39 is 12.7 Å². The molecule has 2 aromatic rings. The fourth-order valence-electron chi connectivity index (χ4n) is 3.31. The molecular weight excluding hydrogens is 445 g/mol. The van der Waals surface area contributed by atoms with E-state index in [1.165, 1.54) is 20.3 Å². The summed E-state index contributed by atoms with van der Waals surface area (Å²) in [5, 5.41) is 22.2. The molecule has 1 aliphatic rings. The minimum Gasteiger partial charge on any atom is -0.404 e. The minimum absolute atomic E-state index is 0.0574. The molecule has 0 spiro atoms. The Hall–Kier alpha value is -2.30. The standard InChI is InChI=1S/C19H24N3O7PS/c1-27-30(26,28-2)20-18-12-14(5-3-9-23)11-16(17-6-4-10-31-17)21(18)13-15-7-8-19(29-15)22(24)25/h4,6-8,10-11,16,23H,3,5,9,12-13H2,1-2H3/b20-18-. The van der Waals surface area contributed by atoms with Crippen molar-refractivity contribution in [2.45, 2.75) is 31.8 Å². The monoisotopic (exact) mass is 469 g/mol. The highest BCUT2D eigenvalue weighted by atomic mass is 32.1. The second-order valence-electron chi connectivity index (χ2n) is 6.76. The summed E-state index contributed by atoms with van der Waals surface area (Å²) in [6.45, 7) is 0.231. The van der Waals surface area contributed by atoms with E-state index in [2.05, 4.69) is 10.8 Å². The van der Waals surface area contributed by atoms with Gasteiger partial charge in [-0.1, -0.05) is 17.7 Å². The largest absolute Gasteiger partial charge is 0.454 e. The maximum Gasteiger partial charge on any atom is 0.454 e. The quantitative estimate of drug-likeness (QED) is 0.230. The number of nitrogens with zero attached hydrogens (tertiary/aromatic N) is 3. The lowest BCUT2D eigenvalue weighted by Gasteiger charge is -2.36. The van der Waals surface area contributed by atoms with E-state index in [0.717, 1.165) is 10.5 Å². The van der Waals surface area contributed by atoms with E-state index >= 15 is 0 Å². The predicted octanol–water partition coefficient (Wildman–Crippen LogP) is 4.69. The Labute approximate surface area is 183 Å². The number of hydrogen-bond donors (Lipinski definition) is 1. The summed E-state index contributed by atoms with van der Waals surface area (Å²) in [6.07, 6.45) is 3.71. The summed E-state index contributed by atoms with van der Waals surface area (Å²) in [5.74, 6) is 0.481. The lowest BCUT2D eigenvalue weighted by atomic mass is 9.96. The molecule has 31 heavy (non-hydrogen) atoms. The smallest absolute Gasteiger partial charge is 0.404 e. The molecule has 0 saturated heterocycles. The van der Waals surface area contributed by atoms with Gasteiger partial charge in [0.1, 0.15) is 16.5 Å². The number of amidine groups is 1. The Balaban J connectivity index is 2.05. The summed E-state index contributed by atoms with van der Waals surface area (Å²) in [5.41, 5.74) is 1.03. The highest BCUT2D eigenvalue weighted by molar-refractivity contribution is 7.52. The molecule has 10 nitrogen and oxygen atoms in total. The van der Waals surface area contributed by atoms with Gasteiger partial charge in [-0.3, -0.25) is 19.2 Å². The Morgan fingerprint density at radius 3 is 2.74 bits per heavy atom. The molecule has 3 heterocycles. The molecule has 0 fully saturated rings. The van der Waals surface area contributed by atoms with E-state index in [1.54, 1.807) is 17.4 Å². The first kappa shape index (κ1) is 23.4. The molecule has 0 radical (unpaired) electrons. The lowest BCUT2D eigenvalue weighted by Crippen LogP contribution is -2.36. The Bertz CT molecular complexity index is 994. The van der Waals surface area contributed by atoms with Crippen LogP contribution < -0.4 is 0 Å². The van der Waals surface area contributed by atoms with Gasteiger partial charge >= 0.3 is 13.6 Å². The molecule has 0 bridgehead atoms. The summed E-state index contributed by atoms with van der Waals surface area (Å²) >= 11 is 1.55. The van der Waals surface area contributed by atoms with E-state index in [4.69, 9.17) is 13.5 Å². The summed E-state index contributed by atoms with van der Waals surface area (Å²) < 4.78 is 32.5. The maximum atomic E-state index is 12.8. The average Bonchev–Trinajstić information content (AvgIpc) is 3.46. The zero-order chi connectivity index (χ0) is 22.4. The van der Waals surface area contributed by atoms with Gasteiger partial charge in [-0.15, -0.1) is 11.3 Å². The second-order valence-corrected chi connectivity index (χ2v) is 9.61.